The summed E-state index contributed by atoms with van der Waals surface area (Å²) in [5, 5.41) is 0. The highest BCUT2D eigenvalue weighted by Gasteiger charge is 2.42. The Morgan fingerprint density at radius 2 is 1.92 bits per heavy atom. The van der Waals surface area contributed by atoms with Crippen molar-refractivity contribution in [2.75, 3.05) is 14.1 Å². The van der Waals surface area contributed by atoms with Crippen molar-refractivity contribution < 1.29 is 22.7 Å². The highest BCUT2D eigenvalue weighted by atomic mass is 19.4. The molecule has 0 fully saturated rings. The first-order valence-electron chi connectivity index (χ1n) is 3.73. The number of esters is 1. The molecule has 0 N–H and O–H groups in total. The van der Waals surface area contributed by atoms with Crippen LogP contribution in [0.15, 0.2) is 0 Å². The Morgan fingerprint density at radius 3 is 2.15 bits per heavy atom. The third-order valence-corrected chi connectivity index (χ3v) is 1.40. The monoisotopic (exact) mass is 199 g/mol. The number of hydrogen-bond acceptors (Lipinski definition) is 3. The van der Waals surface area contributed by atoms with E-state index in [-0.39, 0.29) is 0 Å². The lowest BCUT2D eigenvalue weighted by molar-refractivity contribution is -0.211. The number of rotatable bonds is 3. The highest BCUT2D eigenvalue weighted by molar-refractivity contribution is 5.75. The summed E-state index contributed by atoms with van der Waals surface area (Å²) in [6.07, 6.45) is -5.42. The smallest absolute Gasteiger partial charge is 0.440 e. The molecule has 0 bridgehead atoms. The van der Waals surface area contributed by atoms with Crippen molar-refractivity contribution in [1.29, 1.82) is 0 Å². The molecule has 0 aromatic heterocycles. The van der Waals surface area contributed by atoms with Gasteiger partial charge in [0.2, 0.25) is 0 Å². The molecule has 1 unspecified atom stereocenters. The zero-order chi connectivity index (χ0) is 10.6. The molecule has 6 heteroatoms. The zero-order valence-electron chi connectivity index (χ0n) is 7.68. The summed E-state index contributed by atoms with van der Waals surface area (Å²) in [7, 11) is 3.08. The van der Waals surface area contributed by atoms with Crippen LogP contribution in [0.4, 0.5) is 13.2 Å². The molecule has 13 heavy (non-hydrogen) atoms. The van der Waals surface area contributed by atoms with Crippen LogP contribution in [0.5, 0.6) is 0 Å². The summed E-state index contributed by atoms with van der Waals surface area (Å²) in [4.78, 5) is 11.8. The standard InChI is InChI=1S/C7H12F3NO2/c1-4-5(11(2)3)13-6(12)7(8,9)10/h5H,4H2,1-3H3. The summed E-state index contributed by atoms with van der Waals surface area (Å²) in [6, 6.07) is 0. The first-order chi connectivity index (χ1) is 5.79. The topological polar surface area (TPSA) is 29.5 Å². The van der Waals surface area contributed by atoms with Crippen molar-refractivity contribution in [3.63, 3.8) is 0 Å². The third-order valence-electron chi connectivity index (χ3n) is 1.40. The second kappa shape index (κ2) is 4.45. The minimum atomic E-state index is -4.91. The molecule has 0 aromatic carbocycles. The first kappa shape index (κ1) is 12.2. The summed E-state index contributed by atoms with van der Waals surface area (Å²) < 4.78 is 39.3. The van der Waals surface area contributed by atoms with Gasteiger partial charge in [0.25, 0.3) is 0 Å². The maximum atomic E-state index is 11.7. The molecular formula is C7H12F3NO2. The second-order valence-electron chi connectivity index (χ2n) is 2.73. The largest absolute Gasteiger partial charge is 0.490 e. The number of nitrogens with zero attached hydrogens (tertiary/aromatic N) is 1. The molecule has 0 rings (SSSR count). The minimum absolute atomic E-state index is 0.314. The van der Waals surface area contributed by atoms with Gasteiger partial charge in [-0.05, 0) is 20.5 Å². The average molecular weight is 199 g/mol. The lowest BCUT2D eigenvalue weighted by atomic mass is 10.4. The lowest BCUT2D eigenvalue weighted by Crippen LogP contribution is -2.37. The second-order valence-corrected chi connectivity index (χ2v) is 2.73. The van der Waals surface area contributed by atoms with Gasteiger partial charge in [0.15, 0.2) is 6.23 Å². The van der Waals surface area contributed by atoms with Crippen molar-refractivity contribution in [3.05, 3.63) is 0 Å². The van der Waals surface area contributed by atoms with Gasteiger partial charge in [-0.3, -0.25) is 4.90 Å². The van der Waals surface area contributed by atoms with E-state index in [4.69, 9.17) is 0 Å². The van der Waals surface area contributed by atoms with Crippen LogP contribution >= 0.6 is 0 Å². The van der Waals surface area contributed by atoms with Crippen LogP contribution in [-0.2, 0) is 9.53 Å². The maximum Gasteiger partial charge on any atom is 0.490 e. The van der Waals surface area contributed by atoms with Gasteiger partial charge in [-0.2, -0.15) is 13.2 Å². The van der Waals surface area contributed by atoms with E-state index in [1.165, 1.54) is 19.0 Å². The molecule has 0 spiro atoms. The summed E-state index contributed by atoms with van der Waals surface area (Å²) in [6.45, 7) is 1.63. The van der Waals surface area contributed by atoms with Gasteiger partial charge < -0.3 is 4.74 Å². The third kappa shape index (κ3) is 4.12. The van der Waals surface area contributed by atoms with Crippen molar-refractivity contribution in [2.45, 2.75) is 25.7 Å². The molecular weight excluding hydrogens is 187 g/mol. The Morgan fingerprint density at radius 1 is 1.46 bits per heavy atom. The van der Waals surface area contributed by atoms with Crippen LogP contribution in [0, 0.1) is 0 Å². The first-order valence-corrected chi connectivity index (χ1v) is 3.73. The normalized spacial score (nSPS) is 14.4. The van der Waals surface area contributed by atoms with Gasteiger partial charge >= 0.3 is 12.1 Å². The molecule has 78 valence electrons. The Bertz CT molecular complexity index is 179. The number of alkyl halides is 3. The Kier molecular flexibility index (Phi) is 4.19. The van der Waals surface area contributed by atoms with E-state index >= 15 is 0 Å². The van der Waals surface area contributed by atoms with Gasteiger partial charge in [0, 0.05) is 0 Å². The quantitative estimate of drug-likeness (QED) is 0.508. The number of hydrogen-bond donors (Lipinski definition) is 0. The van der Waals surface area contributed by atoms with Gasteiger partial charge in [-0.1, -0.05) is 6.92 Å². The van der Waals surface area contributed by atoms with Crippen molar-refractivity contribution >= 4 is 5.97 Å². The van der Waals surface area contributed by atoms with Crippen molar-refractivity contribution in [2.24, 2.45) is 0 Å². The molecule has 0 heterocycles. The van der Waals surface area contributed by atoms with Crippen molar-refractivity contribution in [3.8, 4) is 0 Å². The number of carbonyl (C=O) groups is 1. The van der Waals surface area contributed by atoms with E-state index in [1.807, 2.05) is 0 Å². The summed E-state index contributed by atoms with van der Waals surface area (Å²) in [5.74, 6) is -2.15. The molecule has 0 aliphatic carbocycles. The fourth-order valence-electron chi connectivity index (χ4n) is 0.744. The Labute approximate surface area is 74.5 Å². The lowest BCUT2D eigenvalue weighted by Gasteiger charge is -2.23. The van der Waals surface area contributed by atoms with Crippen LogP contribution < -0.4 is 0 Å². The molecule has 0 aliphatic rings. The van der Waals surface area contributed by atoms with E-state index in [9.17, 15) is 18.0 Å². The molecule has 0 saturated carbocycles. The maximum absolute atomic E-state index is 11.7. The van der Waals surface area contributed by atoms with E-state index in [0.29, 0.717) is 6.42 Å². The SMILES string of the molecule is CCC(OC(=O)C(F)(F)F)N(C)C. The van der Waals surface area contributed by atoms with Gasteiger partial charge in [-0.25, -0.2) is 4.79 Å². The van der Waals surface area contributed by atoms with Crippen LogP contribution in [0.25, 0.3) is 0 Å². The summed E-state index contributed by atoms with van der Waals surface area (Å²) >= 11 is 0. The zero-order valence-corrected chi connectivity index (χ0v) is 7.68. The van der Waals surface area contributed by atoms with E-state index in [1.54, 1.807) is 6.92 Å². The van der Waals surface area contributed by atoms with Crippen LogP contribution in [0.1, 0.15) is 13.3 Å². The van der Waals surface area contributed by atoms with E-state index in [0.717, 1.165) is 0 Å². The van der Waals surface area contributed by atoms with Crippen molar-refractivity contribution in [1.82, 2.24) is 4.90 Å². The molecule has 0 aromatic rings. The predicted molar refractivity (Wildman–Crippen MR) is 39.9 cm³/mol. The Hall–Kier alpha value is -0.780. The number of halogens is 3. The fraction of sp³-hybridized carbons (Fsp3) is 0.857. The predicted octanol–water partition coefficient (Wildman–Crippen LogP) is 1.39. The molecule has 0 aliphatic heterocycles. The molecule has 0 radical (unpaired) electrons. The highest BCUT2D eigenvalue weighted by Crippen LogP contribution is 2.18. The molecule has 3 nitrogen and oxygen atoms in total. The minimum Gasteiger partial charge on any atom is -0.440 e. The van der Waals surface area contributed by atoms with E-state index < -0.39 is 18.4 Å². The van der Waals surface area contributed by atoms with Crippen LogP contribution in [0.2, 0.25) is 0 Å². The van der Waals surface area contributed by atoms with Crippen LogP contribution in [0.3, 0.4) is 0 Å². The summed E-state index contributed by atoms with van der Waals surface area (Å²) in [5.41, 5.74) is 0. The van der Waals surface area contributed by atoms with Crippen LogP contribution in [-0.4, -0.2) is 37.4 Å². The number of ether oxygens (including phenoxy) is 1. The van der Waals surface area contributed by atoms with E-state index in [2.05, 4.69) is 4.74 Å². The molecule has 0 amide bonds. The van der Waals surface area contributed by atoms with Gasteiger partial charge in [0.1, 0.15) is 0 Å². The Balaban J connectivity index is 4.18. The molecule has 0 saturated heterocycles. The van der Waals surface area contributed by atoms with Gasteiger partial charge in [0.05, 0.1) is 0 Å². The average Bonchev–Trinajstić information content (AvgIpc) is 1.96. The molecule has 1 atom stereocenters. The fourth-order valence-corrected chi connectivity index (χ4v) is 0.744. The van der Waals surface area contributed by atoms with Gasteiger partial charge in [-0.15, -0.1) is 0 Å². The number of carbonyl (C=O) groups excluding carboxylic acids is 1.